The van der Waals surface area contributed by atoms with Crippen LogP contribution in [0, 0.1) is 0 Å². The Morgan fingerprint density at radius 2 is 1.11 bits per heavy atom. The van der Waals surface area contributed by atoms with Gasteiger partial charge in [0.1, 0.15) is 11.6 Å². The summed E-state index contributed by atoms with van der Waals surface area (Å²) in [5.41, 5.74) is 9.82. The molecule has 1 aliphatic heterocycles. The first-order valence-electron chi connectivity index (χ1n) is 12.5. The Bertz CT molecular complexity index is 1660. The zero-order valence-electron chi connectivity index (χ0n) is 19.8. The maximum atomic E-state index is 4.86. The van der Waals surface area contributed by atoms with Crippen molar-refractivity contribution >= 4 is 22.1 Å². The smallest absolute Gasteiger partial charge is 0.138 e. The highest BCUT2D eigenvalue weighted by Gasteiger charge is 2.15. The zero-order valence-corrected chi connectivity index (χ0v) is 19.8. The van der Waals surface area contributed by atoms with E-state index in [1.165, 1.54) is 18.4 Å². The van der Waals surface area contributed by atoms with Crippen molar-refractivity contribution in [2.24, 2.45) is 0 Å². The summed E-state index contributed by atoms with van der Waals surface area (Å²) in [5, 5.41) is 3.45. The van der Waals surface area contributed by atoms with Gasteiger partial charge in [-0.3, -0.25) is 4.98 Å². The van der Waals surface area contributed by atoms with E-state index < -0.39 is 0 Å². The quantitative estimate of drug-likeness (QED) is 0.282. The topological polar surface area (TPSA) is 82.3 Å². The molecule has 6 heteroatoms. The summed E-state index contributed by atoms with van der Waals surface area (Å²) in [6, 6.07) is 25.6. The number of H-pyrrole nitrogens is 2. The average molecular weight is 471 g/mol. The van der Waals surface area contributed by atoms with Crippen LogP contribution in [-0.2, 0) is 0 Å². The Hall–Kier alpha value is -4.29. The number of piperidine rings is 1. The molecule has 4 heterocycles. The Morgan fingerprint density at radius 3 is 1.69 bits per heavy atom. The van der Waals surface area contributed by atoms with E-state index in [0.717, 1.165) is 69.1 Å². The highest BCUT2D eigenvalue weighted by atomic mass is 14.9. The van der Waals surface area contributed by atoms with Gasteiger partial charge in [0.25, 0.3) is 0 Å². The van der Waals surface area contributed by atoms with Crippen LogP contribution in [0.15, 0.2) is 85.2 Å². The number of imidazole rings is 2. The first-order chi connectivity index (χ1) is 17.8. The molecule has 7 rings (SSSR count). The second-order valence-corrected chi connectivity index (χ2v) is 9.52. The van der Waals surface area contributed by atoms with Gasteiger partial charge in [-0.1, -0.05) is 36.4 Å². The second-order valence-electron chi connectivity index (χ2n) is 9.52. The lowest BCUT2D eigenvalue weighted by Gasteiger charge is -2.23. The van der Waals surface area contributed by atoms with Gasteiger partial charge in [0.15, 0.2) is 0 Å². The van der Waals surface area contributed by atoms with Crippen LogP contribution in [0.4, 0.5) is 0 Å². The van der Waals surface area contributed by atoms with Gasteiger partial charge in [-0.25, -0.2) is 9.97 Å². The predicted octanol–water partition coefficient (Wildman–Crippen LogP) is 6.30. The van der Waals surface area contributed by atoms with Crippen molar-refractivity contribution in [2.75, 3.05) is 13.1 Å². The van der Waals surface area contributed by atoms with E-state index in [2.05, 4.69) is 80.9 Å². The van der Waals surface area contributed by atoms with Crippen LogP contribution in [0.3, 0.4) is 0 Å². The lowest BCUT2D eigenvalue weighted by molar-refractivity contribution is 0.460. The fraction of sp³-hybridized carbons (Fsp3) is 0.167. The fourth-order valence-electron chi connectivity index (χ4n) is 5.23. The monoisotopic (exact) mass is 470 g/mol. The van der Waals surface area contributed by atoms with Crippen molar-refractivity contribution in [3.63, 3.8) is 0 Å². The molecule has 3 aromatic carbocycles. The third-order valence-electron chi connectivity index (χ3n) is 7.25. The van der Waals surface area contributed by atoms with E-state index >= 15 is 0 Å². The van der Waals surface area contributed by atoms with Gasteiger partial charge in [-0.05, 0) is 84.9 Å². The number of aromatic nitrogens is 5. The molecule has 0 bridgehead atoms. The van der Waals surface area contributed by atoms with E-state index in [0.29, 0.717) is 5.92 Å². The summed E-state index contributed by atoms with van der Waals surface area (Å²) in [4.78, 5) is 20.7. The minimum atomic E-state index is 0.659. The lowest BCUT2D eigenvalue weighted by Crippen LogP contribution is -2.26. The molecule has 6 aromatic rings. The maximum Gasteiger partial charge on any atom is 0.138 e. The van der Waals surface area contributed by atoms with Crippen molar-refractivity contribution in [3.05, 3.63) is 90.8 Å². The maximum absolute atomic E-state index is 4.86. The molecule has 176 valence electrons. The van der Waals surface area contributed by atoms with Crippen LogP contribution >= 0.6 is 0 Å². The number of pyridine rings is 1. The highest BCUT2D eigenvalue weighted by molar-refractivity contribution is 5.88. The highest BCUT2D eigenvalue weighted by Crippen LogP contribution is 2.30. The summed E-state index contributed by atoms with van der Waals surface area (Å²) >= 11 is 0. The summed E-state index contributed by atoms with van der Waals surface area (Å²) in [6.07, 6.45) is 5.99. The lowest BCUT2D eigenvalue weighted by atomic mass is 9.90. The van der Waals surface area contributed by atoms with E-state index in [-0.39, 0.29) is 0 Å². The molecular weight excluding hydrogens is 444 g/mol. The summed E-state index contributed by atoms with van der Waals surface area (Å²) in [7, 11) is 0. The van der Waals surface area contributed by atoms with Crippen LogP contribution in [0.25, 0.3) is 56.0 Å². The molecule has 0 spiro atoms. The minimum Gasteiger partial charge on any atom is -0.338 e. The minimum absolute atomic E-state index is 0.659. The van der Waals surface area contributed by atoms with E-state index in [1.807, 2.05) is 12.1 Å². The van der Waals surface area contributed by atoms with Crippen molar-refractivity contribution in [3.8, 4) is 33.9 Å². The molecule has 1 saturated heterocycles. The second kappa shape index (κ2) is 8.73. The number of benzene rings is 3. The average Bonchev–Trinajstić information content (AvgIpc) is 3.58. The molecule has 3 aromatic heterocycles. The van der Waals surface area contributed by atoms with E-state index in [4.69, 9.17) is 9.97 Å². The molecule has 0 radical (unpaired) electrons. The largest absolute Gasteiger partial charge is 0.338 e. The molecule has 3 N–H and O–H groups in total. The van der Waals surface area contributed by atoms with Crippen LogP contribution < -0.4 is 5.32 Å². The van der Waals surface area contributed by atoms with Crippen molar-refractivity contribution < 1.29 is 0 Å². The van der Waals surface area contributed by atoms with Crippen molar-refractivity contribution in [1.82, 2.24) is 30.2 Å². The van der Waals surface area contributed by atoms with Gasteiger partial charge in [-0.2, -0.15) is 0 Å². The summed E-state index contributed by atoms with van der Waals surface area (Å²) < 4.78 is 0. The van der Waals surface area contributed by atoms with Crippen molar-refractivity contribution in [2.45, 2.75) is 18.8 Å². The SMILES string of the molecule is c1cc(-c2nc3ccc(-c4ccc5nc(-c6ccc(C7CCNCC7)cc6)[nH]c5c4)cc3[nH]2)ccn1. The molecule has 6 nitrogen and oxygen atoms in total. The molecular formula is C30H26N6. The van der Waals surface area contributed by atoms with Gasteiger partial charge in [0.05, 0.1) is 22.1 Å². The number of nitrogens with one attached hydrogen (secondary N) is 3. The van der Waals surface area contributed by atoms with E-state index in [1.54, 1.807) is 12.4 Å². The molecule has 0 unspecified atom stereocenters. The Morgan fingerprint density at radius 1 is 0.583 bits per heavy atom. The van der Waals surface area contributed by atoms with Crippen LogP contribution in [0.2, 0.25) is 0 Å². The Kier molecular flexibility index (Phi) is 5.10. The van der Waals surface area contributed by atoms with E-state index in [9.17, 15) is 0 Å². The van der Waals surface area contributed by atoms with Gasteiger partial charge < -0.3 is 15.3 Å². The summed E-state index contributed by atoms with van der Waals surface area (Å²) in [6.45, 7) is 2.22. The zero-order chi connectivity index (χ0) is 23.9. The van der Waals surface area contributed by atoms with Crippen molar-refractivity contribution in [1.29, 1.82) is 0 Å². The number of hydrogen-bond donors (Lipinski definition) is 3. The number of rotatable bonds is 4. The number of nitrogens with zero attached hydrogens (tertiary/aromatic N) is 3. The normalized spacial score (nSPS) is 14.6. The molecule has 1 aliphatic rings. The molecule has 36 heavy (non-hydrogen) atoms. The van der Waals surface area contributed by atoms with Crippen LogP contribution in [0.1, 0.15) is 24.3 Å². The van der Waals surface area contributed by atoms with Crippen LogP contribution in [-0.4, -0.2) is 38.0 Å². The predicted molar refractivity (Wildman–Crippen MR) is 145 cm³/mol. The third kappa shape index (κ3) is 3.85. The van der Waals surface area contributed by atoms with Gasteiger partial charge in [0, 0.05) is 23.5 Å². The fourth-order valence-corrected chi connectivity index (χ4v) is 5.23. The number of fused-ring (bicyclic) bond motifs is 2. The Balaban J connectivity index is 1.18. The van der Waals surface area contributed by atoms with Gasteiger partial charge >= 0.3 is 0 Å². The first kappa shape index (κ1) is 21.0. The van der Waals surface area contributed by atoms with Crippen LogP contribution in [0.5, 0.6) is 0 Å². The first-order valence-corrected chi connectivity index (χ1v) is 12.5. The molecule has 0 aliphatic carbocycles. The van der Waals surface area contributed by atoms with Gasteiger partial charge in [0.2, 0.25) is 0 Å². The third-order valence-corrected chi connectivity index (χ3v) is 7.25. The standard InChI is InChI=1S/C30H26N6/c1-3-21(4-2-19(1)20-9-13-31-14-10-20)29-33-25-7-5-23(17-27(25)35-29)24-6-8-26-28(18-24)36-30(34-26)22-11-15-32-16-12-22/h1-8,11-12,15-18,20,31H,9-10,13-14H2,(H,33,35)(H,34,36). The number of hydrogen-bond acceptors (Lipinski definition) is 4. The molecule has 0 saturated carbocycles. The molecule has 1 fully saturated rings. The number of aromatic amines is 2. The summed E-state index contributed by atoms with van der Waals surface area (Å²) in [5.74, 6) is 2.42. The molecule has 0 amide bonds. The van der Waals surface area contributed by atoms with Gasteiger partial charge in [-0.15, -0.1) is 0 Å². The Labute approximate surface area is 208 Å². The molecule has 0 atom stereocenters.